The van der Waals surface area contributed by atoms with E-state index in [1.807, 2.05) is 35.2 Å². The highest BCUT2D eigenvalue weighted by atomic mass is 35.5. The monoisotopic (exact) mass is 374 g/mol. The summed E-state index contributed by atoms with van der Waals surface area (Å²) in [6, 6.07) is 9.39. The summed E-state index contributed by atoms with van der Waals surface area (Å²) in [5.74, 6) is 0.974. The zero-order valence-electron chi connectivity index (χ0n) is 14.8. The number of halogens is 1. The Labute approximate surface area is 158 Å². The van der Waals surface area contributed by atoms with E-state index in [0.717, 1.165) is 30.2 Å². The van der Waals surface area contributed by atoms with E-state index in [2.05, 4.69) is 15.2 Å². The normalized spacial score (nSPS) is 15.2. The molecular formula is C19H23ClN4O2. The molecular weight excluding hydrogens is 352 g/mol. The number of hydrogen-bond donors (Lipinski definition) is 1. The molecule has 7 heteroatoms. The summed E-state index contributed by atoms with van der Waals surface area (Å²) in [5.41, 5.74) is 2.02. The minimum atomic E-state index is 0.133. The molecule has 1 aliphatic heterocycles. The van der Waals surface area contributed by atoms with Crippen molar-refractivity contribution in [2.45, 2.75) is 13.0 Å². The van der Waals surface area contributed by atoms with Crippen LogP contribution in [-0.2, 0) is 17.8 Å². The van der Waals surface area contributed by atoms with E-state index >= 15 is 0 Å². The summed E-state index contributed by atoms with van der Waals surface area (Å²) in [5, 5.41) is 3.99. The number of hydrogen-bond acceptors (Lipinski definition) is 3. The molecule has 138 valence electrons. The van der Waals surface area contributed by atoms with Crippen LogP contribution in [0.15, 0.2) is 52.3 Å². The molecule has 1 fully saturated rings. The summed E-state index contributed by atoms with van der Waals surface area (Å²) in [6.07, 6.45) is 3.75. The molecule has 6 nitrogen and oxygen atoms in total. The number of amides is 1. The van der Waals surface area contributed by atoms with Gasteiger partial charge < -0.3 is 19.5 Å². The van der Waals surface area contributed by atoms with Gasteiger partial charge in [0.25, 0.3) is 0 Å². The number of piperazine rings is 1. The van der Waals surface area contributed by atoms with E-state index in [-0.39, 0.29) is 5.91 Å². The van der Waals surface area contributed by atoms with E-state index in [1.54, 1.807) is 19.6 Å². The van der Waals surface area contributed by atoms with E-state index in [4.69, 9.17) is 16.0 Å². The van der Waals surface area contributed by atoms with Gasteiger partial charge in [-0.3, -0.25) is 9.79 Å². The van der Waals surface area contributed by atoms with Crippen molar-refractivity contribution in [2.75, 3.05) is 33.2 Å². The summed E-state index contributed by atoms with van der Waals surface area (Å²) in [6.45, 7) is 3.55. The minimum absolute atomic E-state index is 0.133. The second-order valence-corrected chi connectivity index (χ2v) is 6.64. The molecule has 3 rings (SSSR count). The fourth-order valence-corrected chi connectivity index (χ4v) is 3.22. The standard InChI is InChI=1S/C19H23ClN4O2/c1-21-19(22-13-16-5-10-26-14-16)24-8-6-23(7-9-24)18(25)12-15-3-2-4-17(20)11-15/h2-5,10-11,14H,6-9,12-13H2,1H3,(H,21,22). The predicted molar refractivity (Wildman–Crippen MR) is 102 cm³/mol. The van der Waals surface area contributed by atoms with Crippen molar-refractivity contribution in [2.24, 2.45) is 4.99 Å². The number of guanidine groups is 1. The quantitative estimate of drug-likeness (QED) is 0.659. The smallest absolute Gasteiger partial charge is 0.227 e. The molecule has 1 N–H and O–H groups in total. The third-order valence-electron chi connectivity index (χ3n) is 4.42. The molecule has 0 radical (unpaired) electrons. The maximum atomic E-state index is 12.5. The third-order valence-corrected chi connectivity index (χ3v) is 4.65. The number of carbonyl (C=O) groups excluding carboxylic acids is 1. The molecule has 0 spiro atoms. The van der Waals surface area contributed by atoms with Gasteiger partial charge in [0.1, 0.15) is 0 Å². The Kier molecular flexibility index (Phi) is 6.17. The van der Waals surface area contributed by atoms with Crippen LogP contribution in [0.5, 0.6) is 0 Å². The van der Waals surface area contributed by atoms with Crippen LogP contribution in [0.25, 0.3) is 0 Å². The van der Waals surface area contributed by atoms with Gasteiger partial charge in [0, 0.05) is 50.4 Å². The Morgan fingerprint density at radius 2 is 1.96 bits per heavy atom. The highest BCUT2D eigenvalue weighted by molar-refractivity contribution is 6.30. The molecule has 26 heavy (non-hydrogen) atoms. The lowest BCUT2D eigenvalue weighted by atomic mass is 10.1. The lowest BCUT2D eigenvalue weighted by Crippen LogP contribution is -2.53. The van der Waals surface area contributed by atoms with Crippen molar-refractivity contribution in [3.8, 4) is 0 Å². The zero-order valence-corrected chi connectivity index (χ0v) is 15.6. The number of aliphatic imine (C=N–C) groups is 1. The molecule has 2 heterocycles. The fourth-order valence-electron chi connectivity index (χ4n) is 3.01. The van der Waals surface area contributed by atoms with Gasteiger partial charge in [0.2, 0.25) is 5.91 Å². The van der Waals surface area contributed by atoms with Gasteiger partial charge >= 0.3 is 0 Å². The first-order chi connectivity index (χ1) is 12.7. The number of furan rings is 1. The van der Waals surface area contributed by atoms with Gasteiger partial charge in [-0.1, -0.05) is 23.7 Å². The van der Waals surface area contributed by atoms with Crippen LogP contribution in [0.4, 0.5) is 0 Å². The lowest BCUT2D eigenvalue weighted by Gasteiger charge is -2.36. The minimum Gasteiger partial charge on any atom is -0.472 e. The van der Waals surface area contributed by atoms with E-state index in [0.29, 0.717) is 31.1 Å². The lowest BCUT2D eigenvalue weighted by molar-refractivity contribution is -0.131. The Hall–Kier alpha value is -2.47. The van der Waals surface area contributed by atoms with Crippen molar-refractivity contribution in [3.63, 3.8) is 0 Å². The van der Waals surface area contributed by atoms with Crippen LogP contribution in [0.2, 0.25) is 5.02 Å². The second kappa shape index (κ2) is 8.76. The van der Waals surface area contributed by atoms with Crippen LogP contribution < -0.4 is 5.32 Å². The van der Waals surface area contributed by atoms with E-state index in [9.17, 15) is 4.79 Å². The SMILES string of the molecule is CN=C(NCc1ccoc1)N1CCN(C(=O)Cc2cccc(Cl)c2)CC1. The molecule has 2 aromatic rings. The van der Waals surface area contributed by atoms with Gasteiger partial charge in [0.15, 0.2) is 5.96 Å². The highest BCUT2D eigenvalue weighted by Gasteiger charge is 2.23. The molecule has 0 unspecified atom stereocenters. The summed E-state index contributed by atoms with van der Waals surface area (Å²) < 4.78 is 5.08. The molecule has 1 aromatic carbocycles. The summed E-state index contributed by atoms with van der Waals surface area (Å²) >= 11 is 5.99. The molecule has 0 aliphatic carbocycles. The Balaban J connectivity index is 1.49. The van der Waals surface area contributed by atoms with E-state index < -0.39 is 0 Å². The summed E-state index contributed by atoms with van der Waals surface area (Å²) in [4.78, 5) is 20.9. The van der Waals surface area contributed by atoms with Crippen LogP contribution in [-0.4, -0.2) is 54.9 Å². The van der Waals surface area contributed by atoms with Gasteiger partial charge in [-0.25, -0.2) is 0 Å². The molecule has 0 saturated carbocycles. The van der Waals surface area contributed by atoms with Gasteiger partial charge in [-0.05, 0) is 23.8 Å². The maximum absolute atomic E-state index is 12.5. The molecule has 1 amide bonds. The fraction of sp³-hybridized carbons (Fsp3) is 0.368. The molecule has 1 saturated heterocycles. The summed E-state index contributed by atoms with van der Waals surface area (Å²) in [7, 11) is 1.77. The predicted octanol–water partition coefficient (Wildman–Crippen LogP) is 2.40. The number of nitrogens with zero attached hydrogens (tertiary/aromatic N) is 3. The van der Waals surface area contributed by atoms with Crippen molar-refractivity contribution in [3.05, 3.63) is 59.0 Å². The van der Waals surface area contributed by atoms with Crippen molar-refractivity contribution >= 4 is 23.5 Å². The number of carbonyl (C=O) groups is 1. The Morgan fingerprint density at radius 1 is 1.19 bits per heavy atom. The molecule has 0 bridgehead atoms. The van der Waals surface area contributed by atoms with E-state index in [1.165, 1.54) is 0 Å². The molecule has 1 aromatic heterocycles. The first kappa shape index (κ1) is 18.3. The Bertz CT molecular complexity index is 753. The topological polar surface area (TPSA) is 61.1 Å². The molecule has 1 aliphatic rings. The first-order valence-corrected chi connectivity index (χ1v) is 9.02. The number of nitrogens with one attached hydrogen (secondary N) is 1. The maximum Gasteiger partial charge on any atom is 0.227 e. The van der Waals surface area contributed by atoms with Crippen molar-refractivity contribution in [1.82, 2.24) is 15.1 Å². The number of benzene rings is 1. The first-order valence-electron chi connectivity index (χ1n) is 8.64. The van der Waals surface area contributed by atoms with Gasteiger partial charge in [-0.2, -0.15) is 0 Å². The Morgan fingerprint density at radius 3 is 2.62 bits per heavy atom. The van der Waals surface area contributed by atoms with Crippen molar-refractivity contribution in [1.29, 1.82) is 0 Å². The zero-order chi connectivity index (χ0) is 18.4. The second-order valence-electron chi connectivity index (χ2n) is 6.21. The average Bonchev–Trinajstić information content (AvgIpc) is 3.16. The van der Waals surface area contributed by atoms with Gasteiger partial charge in [-0.15, -0.1) is 0 Å². The largest absolute Gasteiger partial charge is 0.472 e. The highest BCUT2D eigenvalue weighted by Crippen LogP contribution is 2.13. The van der Waals surface area contributed by atoms with Crippen LogP contribution in [0.3, 0.4) is 0 Å². The van der Waals surface area contributed by atoms with Gasteiger partial charge in [0.05, 0.1) is 18.9 Å². The van der Waals surface area contributed by atoms with Crippen LogP contribution >= 0.6 is 11.6 Å². The average molecular weight is 375 g/mol. The van der Waals surface area contributed by atoms with Crippen LogP contribution in [0, 0.1) is 0 Å². The third kappa shape index (κ3) is 4.79. The number of rotatable bonds is 4. The van der Waals surface area contributed by atoms with Crippen LogP contribution in [0.1, 0.15) is 11.1 Å². The van der Waals surface area contributed by atoms with Crippen molar-refractivity contribution < 1.29 is 9.21 Å². The molecule has 0 atom stereocenters.